The molecule has 0 aliphatic heterocycles. The van der Waals surface area contributed by atoms with Crippen LogP contribution < -0.4 is 0 Å². The van der Waals surface area contributed by atoms with Crippen molar-refractivity contribution >= 4 is 91.7 Å². The molecule has 8 aromatic heterocycles. The number of fused-ring (bicyclic) bond motifs is 4. The van der Waals surface area contributed by atoms with Gasteiger partial charge < -0.3 is 30.9 Å². The minimum atomic E-state index is 0. The number of hydrogen-bond donors (Lipinski definition) is 4. The van der Waals surface area contributed by atoms with E-state index in [1.165, 1.54) is 22.3 Å². The Morgan fingerprint density at radius 2 is 0.493 bits per heavy atom. The summed E-state index contributed by atoms with van der Waals surface area (Å²) >= 11 is 6.74. The third-order valence-electron chi connectivity index (χ3n) is 9.63. The number of aromatic amines is 4. The second kappa shape index (κ2) is 28.0. The van der Waals surface area contributed by atoms with Gasteiger partial charge in [-0.25, -0.2) is 59.8 Å². The summed E-state index contributed by atoms with van der Waals surface area (Å²) in [5.41, 5.74) is 11.6. The van der Waals surface area contributed by atoms with Gasteiger partial charge in [0.05, 0.1) is 25.3 Å². The van der Waals surface area contributed by atoms with E-state index in [0.717, 1.165) is 87.8 Å². The number of benzene rings is 4. The van der Waals surface area contributed by atoms with Crippen LogP contribution in [0.25, 0.3) is 44.7 Å². The predicted molar refractivity (Wildman–Crippen MR) is 275 cm³/mol. The molecule has 8 heterocycles. The van der Waals surface area contributed by atoms with Gasteiger partial charge >= 0.3 is 20.4 Å². The third kappa shape index (κ3) is 15.0. The molecule has 12 aromatic rings. The fourth-order valence-electron chi connectivity index (χ4n) is 6.31. The molecular formula is C48H42N16O2PdS4. The Balaban J connectivity index is 0.000000153. The summed E-state index contributed by atoms with van der Waals surface area (Å²) in [5.74, 6) is 3.58. The summed E-state index contributed by atoms with van der Waals surface area (Å²) in [6.07, 6.45) is 12.8. The van der Waals surface area contributed by atoms with E-state index in [4.69, 9.17) is 0 Å². The maximum atomic E-state index is 4.27. The number of imidazole rings is 4. The molecule has 0 saturated carbocycles. The van der Waals surface area contributed by atoms with Crippen molar-refractivity contribution in [1.29, 1.82) is 0 Å². The zero-order valence-electron chi connectivity index (χ0n) is 37.2. The van der Waals surface area contributed by atoms with Gasteiger partial charge in [0.2, 0.25) is 0 Å². The van der Waals surface area contributed by atoms with E-state index in [-0.39, 0.29) is 31.4 Å². The van der Waals surface area contributed by atoms with E-state index in [1.54, 1.807) is 97.7 Å². The smallest absolute Gasteiger partial charge is 0.870 e. The fourth-order valence-corrected chi connectivity index (χ4v) is 9.96. The molecule has 0 unspecified atom stereocenters. The third-order valence-corrected chi connectivity index (χ3v) is 13.9. The molecule has 0 radical (unpaired) electrons. The van der Waals surface area contributed by atoms with E-state index in [1.807, 2.05) is 72.8 Å². The van der Waals surface area contributed by atoms with Crippen molar-refractivity contribution in [2.75, 3.05) is 0 Å². The van der Waals surface area contributed by atoms with Crippen LogP contribution in [0.4, 0.5) is 0 Å². The molecule has 18 nitrogen and oxygen atoms in total. The molecule has 23 heteroatoms. The van der Waals surface area contributed by atoms with Crippen LogP contribution in [0.1, 0.15) is 22.3 Å². The summed E-state index contributed by atoms with van der Waals surface area (Å²) in [4.78, 5) is 62.2. The van der Waals surface area contributed by atoms with Gasteiger partial charge in [-0.3, -0.25) is 0 Å². The quantitative estimate of drug-likeness (QED) is 0.0503. The number of hydrogen-bond acceptors (Lipinski definition) is 18. The molecule has 0 aliphatic carbocycles. The molecular weight excluding hydrogens is 1070 g/mol. The van der Waals surface area contributed by atoms with Gasteiger partial charge in [-0.05, 0) is 22.3 Å². The second-order valence-corrected chi connectivity index (χ2v) is 18.1. The molecule has 4 aromatic carbocycles. The average Bonchev–Trinajstić information content (AvgIpc) is 4.27. The Morgan fingerprint density at radius 3 is 0.704 bits per heavy atom. The van der Waals surface area contributed by atoms with Crippen LogP contribution in [0.5, 0.6) is 0 Å². The molecule has 71 heavy (non-hydrogen) atoms. The number of nitrogens with zero attached hydrogens (tertiary/aromatic N) is 12. The van der Waals surface area contributed by atoms with Gasteiger partial charge in [-0.2, -0.15) is 0 Å². The number of aromatic nitrogens is 16. The minimum absolute atomic E-state index is 0. The van der Waals surface area contributed by atoms with E-state index in [2.05, 4.69) is 128 Å². The van der Waals surface area contributed by atoms with Crippen LogP contribution in [0.2, 0.25) is 0 Å². The molecule has 0 fully saturated rings. The SMILES string of the molecule is [OH-].[OH-].[Pd+2].c1ccc(CSc2ncnc3nc[nH]c23)cc1.c1ccc(CSc2ncnc3nc[nH]c23)cc1.c1ccc(CSc2ncnc3nc[nH]c23)cc1.c1ccc(CSc2ncnc3nc[nH]c23)cc1. The molecule has 0 amide bonds. The van der Waals surface area contributed by atoms with Crippen molar-refractivity contribution in [2.45, 2.75) is 43.1 Å². The van der Waals surface area contributed by atoms with Crippen molar-refractivity contribution in [2.24, 2.45) is 0 Å². The van der Waals surface area contributed by atoms with Gasteiger partial charge in [-0.1, -0.05) is 168 Å². The molecule has 0 saturated heterocycles. The van der Waals surface area contributed by atoms with Crippen molar-refractivity contribution < 1.29 is 31.4 Å². The van der Waals surface area contributed by atoms with Crippen LogP contribution in [-0.2, 0) is 43.4 Å². The Labute approximate surface area is 437 Å². The standard InChI is InChI=1S/4C12H10N4S.2H2O.Pd/c4*1-2-4-9(5-3-1)6-17-12-10-11(14-7-13-10)15-8-16-12;;;/h4*1-5,7-8H,6H2,(H,13,14,15,16);2*1H2;/q;;;;;;+2/p-2. The van der Waals surface area contributed by atoms with Crippen molar-refractivity contribution in [3.05, 3.63) is 194 Å². The topological polar surface area (TPSA) is 278 Å². The Bertz CT molecular complexity index is 2960. The second-order valence-electron chi connectivity index (χ2n) is 14.2. The van der Waals surface area contributed by atoms with E-state index < -0.39 is 0 Å². The van der Waals surface area contributed by atoms with E-state index >= 15 is 0 Å². The number of thioether (sulfide) groups is 4. The summed E-state index contributed by atoms with van der Waals surface area (Å²) in [6, 6.07) is 41.3. The fraction of sp³-hybridized carbons (Fsp3) is 0.0833. The van der Waals surface area contributed by atoms with Crippen molar-refractivity contribution in [3.63, 3.8) is 0 Å². The van der Waals surface area contributed by atoms with Gasteiger partial charge in [-0.15, -0.1) is 0 Å². The summed E-state index contributed by atoms with van der Waals surface area (Å²) in [6.45, 7) is 0. The first-order chi connectivity index (χ1) is 33.7. The molecule has 0 atom stereocenters. The predicted octanol–water partition coefficient (Wildman–Crippen LogP) is 10.2. The first kappa shape index (κ1) is 53.4. The zero-order valence-corrected chi connectivity index (χ0v) is 42.0. The van der Waals surface area contributed by atoms with Crippen LogP contribution >= 0.6 is 47.0 Å². The summed E-state index contributed by atoms with van der Waals surface area (Å²) in [5, 5.41) is 3.76. The molecule has 12 rings (SSSR count). The maximum absolute atomic E-state index is 4.27. The van der Waals surface area contributed by atoms with E-state index in [9.17, 15) is 0 Å². The summed E-state index contributed by atoms with van der Waals surface area (Å²) in [7, 11) is 0. The van der Waals surface area contributed by atoms with Crippen molar-refractivity contribution in [3.8, 4) is 0 Å². The van der Waals surface area contributed by atoms with Gasteiger partial charge in [0, 0.05) is 23.0 Å². The number of H-pyrrole nitrogens is 4. The van der Waals surface area contributed by atoms with Gasteiger partial charge in [0.25, 0.3) is 0 Å². The molecule has 360 valence electrons. The monoisotopic (exact) mass is 1110 g/mol. The average molecular weight is 1110 g/mol. The zero-order chi connectivity index (χ0) is 46.0. The number of rotatable bonds is 12. The largest absolute Gasteiger partial charge is 2.00 e. The van der Waals surface area contributed by atoms with Crippen LogP contribution in [0.3, 0.4) is 0 Å². The van der Waals surface area contributed by atoms with Crippen LogP contribution in [-0.4, -0.2) is 90.7 Å². The van der Waals surface area contributed by atoms with Crippen molar-refractivity contribution in [1.82, 2.24) is 79.7 Å². The summed E-state index contributed by atoms with van der Waals surface area (Å²) < 4.78 is 0. The molecule has 0 aliphatic rings. The first-order valence-electron chi connectivity index (χ1n) is 21.0. The minimum Gasteiger partial charge on any atom is -0.870 e. The molecule has 0 spiro atoms. The van der Waals surface area contributed by atoms with Crippen LogP contribution in [0, 0.1) is 0 Å². The maximum Gasteiger partial charge on any atom is 2.00 e. The molecule has 0 bridgehead atoms. The van der Waals surface area contributed by atoms with Crippen LogP contribution in [0.15, 0.2) is 192 Å². The van der Waals surface area contributed by atoms with E-state index in [0.29, 0.717) is 0 Å². The Morgan fingerprint density at radius 1 is 0.282 bits per heavy atom. The first-order valence-corrected chi connectivity index (χ1v) is 24.9. The molecule has 6 N–H and O–H groups in total. The van der Waals surface area contributed by atoms with Gasteiger partial charge in [0.15, 0.2) is 22.6 Å². The number of nitrogens with one attached hydrogen (secondary N) is 4. The normalized spacial score (nSPS) is 10.4. The Kier molecular flexibility index (Phi) is 21.1. The Hall–Kier alpha value is -6.94. The van der Waals surface area contributed by atoms with Gasteiger partial charge in [0.1, 0.15) is 67.5 Å².